The minimum Gasteiger partial charge on any atom is -0.324 e. The number of rotatable bonds is 1. The highest BCUT2D eigenvalue weighted by Gasteiger charge is 2.13. The highest BCUT2D eigenvalue weighted by molar-refractivity contribution is 7.71. The van der Waals surface area contributed by atoms with E-state index >= 15 is 0 Å². The lowest BCUT2D eigenvalue weighted by molar-refractivity contribution is 0.806. The molecule has 5 heteroatoms. The van der Waals surface area contributed by atoms with E-state index in [1.807, 2.05) is 6.07 Å². The molecular formula is C12H12N4S. The molecule has 4 nitrogen and oxygen atoms in total. The Labute approximate surface area is 103 Å². The summed E-state index contributed by atoms with van der Waals surface area (Å²) >= 11 is 5.04. The molecule has 0 saturated carbocycles. The smallest absolute Gasteiger partial charge is 0.215 e. The number of aromatic nitrogens is 4. The molecule has 2 heterocycles. The Morgan fingerprint density at radius 1 is 1.41 bits per heavy atom. The van der Waals surface area contributed by atoms with Gasteiger partial charge < -0.3 is 4.57 Å². The van der Waals surface area contributed by atoms with Crippen LogP contribution in [0.3, 0.4) is 0 Å². The van der Waals surface area contributed by atoms with Crippen molar-refractivity contribution >= 4 is 34.3 Å². The maximum Gasteiger partial charge on any atom is 0.215 e. The van der Waals surface area contributed by atoms with E-state index in [0.29, 0.717) is 4.77 Å². The van der Waals surface area contributed by atoms with E-state index < -0.39 is 0 Å². The van der Waals surface area contributed by atoms with E-state index in [0.717, 1.165) is 23.1 Å². The van der Waals surface area contributed by atoms with Gasteiger partial charge in [-0.05, 0) is 31.6 Å². The monoisotopic (exact) mass is 244 g/mol. The van der Waals surface area contributed by atoms with Gasteiger partial charge in [0.1, 0.15) is 5.52 Å². The Bertz CT molecular complexity index is 769. The van der Waals surface area contributed by atoms with E-state index in [9.17, 15) is 0 Å². The van der Waals surface area contributed by atoms with Crippen LogP contribution >= 0.6 is 12.2 Å². The summed E-state index contributed by atoms with van der Waals surface area (Å²) in [6.45, 7) is 5.07. The predicted octanol–water partition coefficient (Wildman–Crippen LogP) is 2.97. The highest BCUT2D eigenvalue weighted by atomic mass is 32.1. The van der Waals surface area contributed by atoms with Gasteiger partial charge in [-0.2, -0.15) is 10.1 Å². The van der Waals surface area contributed by atoms with Crippen molar-refractivity contribution in [3.63, 3.8) is 0 Å². The van der Waals surface area contributed by atoms with Gasteiger partial charge in [-0.25, -0.2) is 0 Å². The van der Waals surface area contributed by atoms with Crippen molar-refractivity contribution in [3.05, 3.63) is 28.5 Å². The van der Waals surface area contributed by atoms with Crippen molar-refractivity contribution < 1.29 is 0 Å². The molecule has 0 spiro atoms. The van der Waals surface area contributed by atoms with E-state index in [1.54, 1.807) is 0 Å². The molecule has 17 heavy (non-hydrogen) atoms. The minimum atomic E-state index is 0.424. The predicted molar refractivity (Wildman–Crippen MR) is 70.6 cm³/mol. The first kappa shape index (κ1) is 10.4. The van der Waals surface area contributed by atoms with Crippen LogP contribution in [0, 0.1) is 11.7 Å². The van der Waals surface area contributed by atoms with Gasteiger partial charge in [0.25, 0.3) is 0 Å². The molecule has 0 aliphatic heterocycles. The van der Waals surface area contributed by atoms with Crippen molar-refractivity contribution in [2.45, 2.75) is 20.4 Å². The summed E-state index contributed by atoms with van der Waals surface area (Å²) in [5.74, 6) is 0. The van der Waals surface area contributed by atoms with Crippen LogP contribution in [-0.2, 0) is 6.54 Å². The largest absolute Gasteiger partial charge is 0.324 e. The second-order valence-corrected chi connectivity index (χ2v) is 4.41. The molecule has 0 fully saturated rings. The molecule has 0 unspecified atom stereocenters. The number of aryl methyl sites for hydroxylation is 2. The summed E-state index contributed by atoms with van der Waals surface area (Å²) < 4.78 is 2.59. The Balaban J connectivity index is 2.66. The lowest BCUT2D eigenvalue weighted by Crippen LogP contribution is -1.97. The number of nitrogens with one attached hydrogen (secondary N) is 1. The maximum absolute atomic E-state index is 5.04. The molecule has 0 radical (unpaired) electrons. The van der Waals surface area contributed by atoms with E-state index in [-0.39, 0.29) is 0 Å². The summed E-state index contributed by atoms with van der Waals surface area (Å²) in [4.78, 5) is 4.38. The number of H-pyrrole nitrogens is 1. The lowest BCUT2D eigenvalue weighted by atomic mass is 10.1. The molecule has 1 N–H and O–H groups in total. The van der Waals surface area contributed by atoms with Gasteiger partial charge in [-0.3, -0.25) is 5.10 Å². The van der Waals surface area contributed by atoms with Crippen molar-refractivity contribution in [3.8, 4) is 0 Å². The highest BCUT2D eigenvalue weighted by Crippen LogP contribution is 2.27. The third-order valence-electron chi connectivity index (χ3n) is 3.02. The molecule has 86 valence electrons. The Morgan fingerprint density at radius 2 is 2.24 bits per heavy atom. The molecule has 1 aromatic carbocycles. The van der Waals surface area contributed by atoms with Crippen LogP contribution in [0.5, 0.6) is 0 Å². The maximum atomic E-state index is 5.04. The summed E-state index contributed by atoms with van der Waals surface area (Å²) in [5, 5.41) is 8.20. The fourth-order valence-electron chi connectivity index (χ4n) is 2.32. The van der Waals surface area contributed by atoms with Crippen LogP contribution in [-0.4, -0.2) is 19.7 Å². The van der Waals surface area contributed by atoms with Crippen LogP contribution in [0.2, 0.25) is 0 Å². The number of para-hydroxylation sites is 1. The van der Waals surface area contributed by atoms with Crippen molar-refractivity contribution in [1.82, 2.24) is 19.7 Å². The molecule has 0 bridgehead atoms. The minimum absolute atomic E-state index is 0.424. The molecular weight excluding hydrogens is 232 g/mol. The molecule has 0 atom stereocenters. The number of benzene rings is 1. The summed E-state index contributed by atoms with van der Waals surface area (Å²) in [7, 11) is 0. The SMILES string of the molecule is CCn1c2nc(=S)[nH]nc2c2cccc(C)c21. The Hall–Kier alpha value is -1.75. The zero-order valence-corrected chi connectivity index (χ0v) is 10.5. The van der Waals surface area contributed by atoms with Crippen molar-refractivity contribution in [1.29, 1.82) is 0 Å². The van der Waals surface area contributed by atoms with Crippen LogP contribution in [0.25, 0.3) is 22.1 Å². The molecule has 3 aromatic rings. The summed E-state index contributed by atoms with van der Waals surface area (Å²) in [6, 6.07) is 6.22. The zero-order chi connectivity index (χ0) is 12.0. The first-order chi connectivity index (χ1) is 8.22. The Morgan fingerprint density at radius 3 is 3.00 bits per heavy atom. The van der Waals surface area contributed by atoms with Crippen LogP contribution in [0.15, 0.2) is 18.2 Å². The molecule has 0 amide bonds. The number of nitrogens with zero attached hydrogens (tertiary/aromatic N) is 3. The number of hydrogen-bond acceptors (Lipinski definition) is 3. The second-order valence-electron chi connectivity index (χ2n) is 4.03. The third kappa shape index (κ3) is 1.39. The van der Waals surface area contributed by atoms with E-state index in [1.165, 1.54) is 11.1 Å². The second kappa shape index (κ2) is 3.63. The van der Waals surface area contributed by atoms with Crippen LogP contribution in [0.1, 0.15) is 12.5 Å². The molecule has 0 aliphatic carbocycles. The fraction of sp³-hybridized carbons (Fsp3) is 0.250. The van der Waals surface area contributed by atoms with E-state index in [4.69, 9.17) is 12.2 Å². The number of hydrogen-bond donors (Lipinski definition) is 1. The normalized spacial score (nSPS) is 11.4. The quantitative estimate of drug-likeness (QED) is 0.669. The van der Waals surface area contributed by atoms with E-state index in [2.05, 4.69) is 45.7 Å². The average molecular weight is 244 g/mol. The molecule has 3 rings (SSSR count). The average Bonchev–Trinajstić information content (AvgIpc) is 2.63. The standard InChI is InChI=1S/C12H12N4S/c1-3-16-10-7(2)5-4-6-8(10)9-11(16)13-12(17)15-14-9/h4-6H,3H2,1-2H3,(H,13,15,17). The lowest BCUT2D eigenvalue weighted by Gasteiger charge is -2.03. The molecule has 0 aliphatic rings. The van der Waals surface area contributed by atoms with Crippen LogP contribution in [0.4, 0.5) is 0 Å². The van der Waals surface area contributed by atoms with Gasteiger partial charge in [0, 0.05) is 11.9 Å². The fourth-order valence-corrected chi connectivity index (χ4v) is 2.45. The van der Waals surface area contributed by atoms with Crippen molar-refractivity contribution in [2.75, 3.05) is 0 Å². The summed E-state index contributed by atoms with van der Waals surface area (Å²) in [6.07, 6.45) is 0. The number of aromatic amines is 1. The first-order valence-corrected chi connectivity index (χ1v) is 5.97. The van der Waals surface area contributed by atoms with Gasteiger partial charge in [0.2, 0.25) is 4.77 Å². The van der Waals surface area contributed by atoms with Gasteiger partial charge in [0.15, 0.2) is 5.65 Å². The third-order valence-corrected chi connectivity index (χ3v) is 3.20. The van der Waals surface area contributed by atoms with Crippen LogP contribution < -0.4 is 0 Å². The van der Waals surface area contributed by atoms with Gasteiger partial charge in [-0.1, -0.05) is 18.2 Å². The zero-order valence-electron chi connectivity index (χ0n) is 9.69. The molecule has 2 aromatic heterocycles. The number of fused-ring (bicyclic) bond motifs is 3. The van der Waals surface area contributed by atoms with Crippen molar-refractivity contribution in [2.24, 2.45) is 0 Å². The van der Waals surface area contributed by atoms with Gasteiger partial charge in [-0.15, -0.1) is 0 Å². The van der Waals surface area contributed by atoms with Gasteiger partial charge >= 0.3 is 0 Å². The van der Waals surface area contributed by atoms with Gasteiger partial charge in [0.05, 0.1) is 5.52 Å². The molecule has 0 saturated heterocycles. The Kier molecular flexibility index (Phi) is 2.22. The first-order valence-electron chi connectivity index (χ1n) is 5.56. The summed E-state index contributed by atoms with van der Waals surface area (Å²) in [5.41, 5.74) is 4.17. The topological polar surface area (TPSA) is 46.5 Å².